The van der Waals surface area contributed by atoms with Crippen molar-refractivity contribution in [3.63, 3.8) is 0 Å². The monoisotopic (exact) mass is 450 g/mol. The third-order valence-electron chi connectivity index (χ3n) is 4.19. The van der Waals surface area contributed by atoms with E-state index in [1.807, 2.05) is 4.72 Å². The van der Waals surface area contributed by atoms with Gasteiger partial charge in [0.15, 0.2) is 5.75 Å². The van der Waals surface area contributed by atoms with Gasteiger partial charge in [-0.2, -0.15) is 4.31 Å². The van der Waals surface area contributed by atoms with Crippen LogP contribution in [0.2, 0.25) is 0 Å². The molecule has 0 radical (unpaired) electrons. The smallest absolute Gasteiger partial charge is 0.404 e. The maximum Gasteiger partial charge on any atom is 0.573 e. The van der Waals surface area contributed by atoms with Crippen LogP contribution in [0.25, 0.3) is 0 Å². The van der Waals surface area contributed by atoms with Crippen LogP contribution in [-0.2, 0) is 20.0 Å². The molecule has 1 saturated heterocycles. The first-order valence-electron chi connectivity index (χ1n) is 8.47. The number of sulfonamides is 2. The van der Waals surface area contributed by atoms with Crippen molar-refractivity contribution in [1.82, 2.24) is 4.31 Å². The fraction of sp³-hybridized carbons (Fsp3) is 0.294. The normalized spacial score (nSPS) is 16.0. The lowest BCUT2D eigenvalue weighted by molar-refractivity contribution is -0.274. The maximum absolute atomic E-state index is 12.5. The standard InChI is InChI=1S/C17H17F3N2O5S2/c18-17(19,20)27-16-6-2-1-5-15(16)21-28(23,24)13-7-9-14(10-8-13)29(25,26)22-11-3-4-12-22/h1-2,5-10,21H,3-4,11-12H2. The molecule has 2 aromatic carbocycles. The third kappa shape index (κ3) is 5.00. The lowest BCUT2D eigenvalue weighted by Crippen LogP contribution is -2.27. The molecule has 0 bridgehead atoms. The van der Waals surface area contributed by atoms with E-state index in [1.165, 1.54) is 16.4 Å². The Labute approximate surface area is 166 Å². The molecule has 158 valence electrons. The van der Waals surface area contributed by atoms with E-state index in [0.717, 1.165) is 49.2 Å². The van der Waals surface area contributed by atoms with Gasteiger partial charge in [0.2, 0.25) is 10.0 Å². The Morgan fingerprint density at radius 2 is 1.41 bits per heavy atom. The van der Waals surface area contributed by atoms with E-state index in [-0.39, 0.29) is 9.79 Å². The van der Waals surface area contributed by atoms with E-state index in [4.69, 9.17) is 0 Å². The second kappa shape index (κ2) is 7.84. The summed E-state index contributed by atoms with van der Waals surface area (Å²) in [5, 5.41) is 0. The fourth-order valence-electron chi connectivity index (χ4n) is 2.84. The van der Waals surface area contributed by atoms with Crippen LogP contribution < -0.4 is 9.46 Å². The zero-order chi connectivity index (χ0) is 21.3. The zero-order valence-corrected chi connectivity index (χ0v) is 16.5. The highest BCUT2D eigenvalue weighted by atomic mass is 32.2. The highest BCUT2D eigenvalue weighted by molar-refractivity contribution is 7.92. The summed E-state index contributed by atoms with van der Waals surface area (Å²) < 4.78 is 94.7. The third-order valence-corrected chi connectivity index (χ3v) is 7.49. The molecule has 7 nitrogen and oxygen atoms in total. The minimum absolute atomic E-state index is 0.0563. The summed E-state index contributed by atoms with van der Waals surface area (Å²) >= 11 is 0. The lowest BCUT2D eigenvalue weighted by atomic mass is 10.3. The van der Waals surface area contributed by atoms with Crippen molar-refractivity contribution in [2.24, 2.45) is 0 Å². The summed E-state index contributed by atoms with van der Waals surface area (Å²) in [5.74, 6) is -0.711. The summed E-state index contributed by atoms with van der Waals surface area (Å²) in [6.07, 6.45) is -3.48. The topological polar surface area (TPSA) is 92.8 Å². The SMILES string of the molecule is O=S(=O)(Nc1ccccc1OC(F)(F)F)c1ccc(S(=O)(=O)N2CCCC2)cc1. The van der Waals surface area contributed by atoms with Crippen LogP contribution in [-0.4, -0.2) is 40.6 Å². The molecule has 0 atom stereocenters. The van der Waals surface area contributed by atoms with Gasteiger partial charge in [0, 0.05) is 13.1 Å². The van der Waals surface area contributed by atoms with E-state index < -0.39 is 37.8 Å². The van der Waals surface area contributed by atoms with Gasteiger partial charge in [-0.05, 0) is 49.2 Å². The van der Waals surface area contributed by atoms with Crippen molar-refractivity contribution < 1.29 is 34.7 Å². The Kier molecular flexibility index (Phi) is 5.79. The second-order valence-electron chi connectivity index (χ2n) is 6.23. The van der Waals surface area contributed by atoms with Crippen molar-refractivity contribution in [3.8, 4) is 5.75 Å². The molecule has 12 heteroatoms. The van der Waals surface area contributed by atoms with Gasteiger partial charge in [-0.3, -0.25) is 4.72 Å². The van der Waals surface area contributed by atoms with Crippen LogP contribution in [0.15, 0.2) is 58.3 Å². The Balaban J connectivity index is 1.84. The molecule has 0 spiro atoms. The molecule has 0 amide bonds. The molecule has 1 aliphatic rings. The second-order valence-corrected chi connectivity index (χ2v) is 9.85. The van der Waals surface area contributed by atoms with E-state index in [0.29, 0.717) is 13.1 Å². The Bertz CT molecular complexity index is 1080. The molecule has 0 unspecified atom stereocenters. The Hall–Kier alpha value is -2.31. The summed E-state index contributed by atoms with van der Waals surface area (Å²) in [5.41, 5.74) is -0.404. The van der Waals surface area contributed by atoms with Crippen LogP contribution in [0.4, 0.5) is 18.9 Å². The molecule has 29 heavy (non-hydrogen) atoms. The van der Waals surface area contributed by atoms with Gasteiger partial charge < -0.3 is 4.74 Å². The molecule has 0 aromatic heterocycles. The number of nitrogens with one attached hydrogen (secondary N) is 1. The Morgan fingerprint density at radius 1 is 0.862 bits per heavy atom. The van der Waals surface area contributed by atoms with E-state index >= 15 is 0 Å². The number of alkyl halides is 3. The molecule has 3 rings (SSSR count). The largest absolute Gasteiger partial charge is 0.573 e. The maximum atomic E-state index is 12.5. The van der Waals surface area contributed by atoms with Gasteiger partial charge in [0.25, 0.3) is 10.0 Å². The first kappa shape index (κ1) is 21.4. The molecule has 2 aromatic rings. The van der Waals surface area contributed by atoms with Gasteiger partial charge in [0.05, 0.1) is 15.5 Å². The Morgan fingerprint density at radius 3 is 2.00 bits per heavy atom. The van der Waals surface area contributed by atoms with Crippen LogP contribution in [0, 0.1) is 0 Å². The van der Waals surface area contributed by atoms with E-state index in [1.54, 1.807) is 0 Å². The number of para-hydroxylation sites is 2. The number of rotatable bonds is 6. The summed E-state index contributed by atoms with van der Waals surface area (Å²) in [6, 6.07) is 9.16. The fourth-order valence-corrected chi connectivity index (χ4v) is 5.42. The molecular formula is C17H17F3N2O5S2. The number of halogens is 3. The summed E-state index contributed by atoms with van der Waals surface area (Å²) in [7, 11) is -7.99. The highest BCUT2D eigenvalue weighted by Crippen LogP contribution is 2.31. The van der Waals surface area contributed by atoms with Gasteiger partial charge in [0.1, 0.15) is 0 Å². The zero-order valence-electron chi connectivity index (χ0n) is 14.9. The molecule has 1 N–H and O–H groups in total. The molecular weight excluding hydrogens is 433 g/mol. The van der Waals surface area contributed by atoms with Crippen molar-refractivity contribution in [3.05, 3.63) is 48.5 Å². The number of nitrogens with zero attached hydrogens (tertiary/aromatic N) is 1. The number of benzene rings is 2. The molecule has 1 aliphatic heterocycles. The van der Waals surface area contributed by atoms with Crippen molar-refractivity contribution >= 4 is 25.7 Å². The first-order valence-corrected chi connectivity index (χ1v) is 11.4. The van der Waals surface area contributed by atoms with Gasteiger partial charge in [-0.1, -0.05) is 12.1 Å². The minimum Gasteiger partial charge on any atom is -0.404 e. The van der Waals surface area contributed by atoms with Crippen LogP contribution in [0.5, 0.6) is 5.75 Å². The minimum atomic E-state index is -4.99. The first-order chi connectivity index (χ1) is 13.5. The summed E-state index contributed by atoms with van der Waals surface area (Å²) in [6.45, 7) is 0.805. The number of anilines is 1. The van der Waals surface area contributed by atoms with E-state index in [2.05, 4.69) is 4.74 Å². The van der Waals surface area contributed by atoms with Crippen LogP contribution in [0.1, 0.15) is 12.8 Å². The molecule has 0 aliphatic carbocycles. The van der Waals surface area contributed by atoms with Crippen molar-refractivity contribution in [2.75, 3.05) is 17.8 Å². The van der Waals surface area contributed by atoms with Gasteiger partial charge >= 0.3 is 6.36 Å². The molecule has 1 fully saturated rings. The van der Waals surface area contributed by atoms with Gasteiger partial charge in [-0.25, -0.2) is 16.8 Å². The number of hydrogen-bond acceptors (Lipinski definition) is 5. The average Bonchev–Trinajstić information content (AvgIpc) is 3.18. The van der Waals surface area contributed by atoms with Crippen molar-refractivity contribution in [2.45, 2.75) is 29.0 Å². The number of ether oxygens (including phenoxy) is 1. The van der Waals surface area contributed by atoms with E-state index in [9.17, 15) is 30.0 Å². The lowest BCUT2D eigenvalue weighted by Gasteiger charge is -2.16. The highest BCUT2D eigenvalue weighted by Gasteiger charge is 2.33. The van der Waals surface area contributed by atoms with Crippen LogP contribution >= 0.6 is 0 Å². The average molecular weight is 450 g/mol. The van der Waals surface area contributed by atoms with Crippen molar-refractivity contribution in [1.29, 1.82) is 0 Å². The molecule has 0 saturated carbocycles. The predicted molar refractivity (Wildman–Crippen MR) is 98.4 cm³/mol. The number of hydrogen-bond donors (Lipinski definition) is 1. The molecule has 1 heterocycles. The van der Waals surface area contributed by atoms with Crippen LogP contribution in [0.3, 0.4) is 0 Å². The van der Waals surface area contributed by atoms with Gasteiger partial charge in [-0.15, -0.1) is 13.2 Å². The quantitative estimate of drug-likeness (QED) is 0.730. The predicted octanol–water partition coefficient (Wildman–Crippen LogP) is 3.17. The summed E-state index contributed by atoms with van der Waals surface area (Å²) in [4.78, 5) is -0.362.